The lowest BCUT2D eigenvalue weighted by Gasteiger charge is -2.34. The Labute approximate surface area is 169 Å². The van der Waals surface area contributed by atoms with Crippen LogP contribution in [0.3, 0.4) is 0 Å². The second-order valence-corrected chi connectivity index (χ2v) is 8.51. The molecule has 2 fully saturated rings. The molecular formula is C22H36N4O2. The molecule has 2 aliphatic heterocycles. The smallest absolute Gasteiger partial charge is 0.317 e. The zero-order chi connectivity index (χ0) is 19.9. The van der Waals surface area contributed by atoms with E-state index in [-0.39, 0.29) is 12.1 Å². The summed E-state index contributed by atoms with van der Waals surface area (Å²) in [7, 11) is 1.86. The Morgan fingerprint density at radius 3 is 2.75 bits per heavy atom. The van der Waals surface area contributed by atoms with Crippen LogP contribution in [0.2, 0.25) is 0 Å². The lowest BCUT2D eigenvalue weighted by molar-refractivity contribution is -0.0293. The van der Waals surface area contributed by atoms with Gasteiger partial charge in [-0.15, -0.1) is 0 Å². The Bertz CT molecular complexity index is 631. The Morgan fingerprint density at radius 2 is 2.00 bits per heavy atom. The molecule has 0 bridgehead atoms. The first kappa shape index (κ1) is 20.9. The van der Waals surface area contributed by atoms with Crippen molar-refractivity contribution in [1.29, 1.82) is 0 Å². The molecule has 0 spiro atoms. The summed E-state index contributed by atoms with van der Waals surface area (Å²) in [6.45, 7) is 11.6. The summed E-state index contributed by atoms with van der Waals surface area (Å²) in [6, 6.07) is 8.40. The maximum Gasteiger partial charge on any atom is 0.317 e. The number of carbonyl (C=O) groups is 1. The molecule has 156 valence electrons. The van der Waals surface area contributed by atoms with Crippen molar-refractivity contribution in [3.05, 3.63) is 29.8 Å². The van der Waals surface area contributed by atoms with Crippen LogP contribution in [0, 0.1) is 5.92 Å². The van der Waals surface area contributed by atoms with Crippen molar-refractivity contribution in [2.45, 2.75) is 39.3 Å². The molecule has 0 radical (unpaired) electrons. The average Bonchev–Trinajstić information content (AvgIpc) is 3.21. The fourth-order valence-electron chi connectivity index (χ4n) is 4.16. The van der Waals surface area contributed by atoms with Crippen LogP contribution in [-0.2, 0) is 11.3 Å². The van der Waals surface area contributed by atoms with Gasteiger partial charge in [0.15, 0.2) is 0 Å². The number of rotatable bonds is 7. The van der Waals surface area contributed by atoms with Gasteiger partial charge in [0, 0.05) is 58.5 Å². The molecule has 1 unspecified atom stereocenters. The van der Waals surface area contributed by atoms with E-state index in [2.05, 4.69) is 53.2 Å². The number of morpholine rings is 1. The number of nitrogens with zero attached hydrogens (tertiary/aromatic N) is 3. The summed E-state index contributed by atoms with van der Waals surface area (Å²) in [5.41, 5.74) is 2.47. The van der Waals surface area contributed by atoms with Gasteiger partial charge >= 0.3 is 6.03 Å². The highest BCUT2D eigenvalue weighted by Crippen LogP contribution is 2.25. The molecule has 6 nitrogen and oxygen atoms in total. The number of carbonyl (C=O) groups excluding carboxylic acids is 1. The van der Waals surface area contributed by atoms with E-state index in [9.17, 15) is 4.79 Å². The van der Waals surface area contributed by atoms with Crippen LogP contribution in [0.4, 0.5) is 10.5 Å². The van der Waals surface area contributed by atoms with Crippen LogP contribution in [0.5, 0.6) is 0 Å². The Balaban J connectivity index is 1.49. The second-order valence-electron chi connectivity index (χ2n) is 8.51. The van der Waals surface area contributed by atoms with Gasteiger partial charge in [0.2, 0.25) is 0 Å². The lowest BCUT2D eigenvalue weighted by Crippen LogP contribution is -2.49. The van der Waals surface area contributed by atoms with Gasteiger partial charge in [-0.2, -0.15) is 0 Å². The van der Waals surface area contributed by atoms with Crippen molar-refractivity contribution in [2.24, 2.45) is 5.92 Å². The third-order valence-corrected chi connectivity index (χ3v) is 5.52. The van der Waals surface area contributed by atoms with E-state index in [0.29, 0.717) is 19.0 Å². The first-order chi connectivity index (χ1) is 13.5. The standard InChI is InChI=1S/C22H36N4O2/c1-18(2)15-25-12-13-28-20(17-25)14-23-22(27)24(3)16-19-8-4-5-9-21(19)26-10-6-7-11-26/h4-5,8-9,18,20H,6-7,10-17H2,1-3H3,(H,23,27). The van der Waals surface area contributed by atoms with Crippen molar-refractivity contribution in [1.82, 2.24) is 15.1 Å². The van der Waals surface area contributed by atoms with E-state index >= 15 is 0 Å². The predicted octanol–water partition coefficient (Wildman–Crippen LogP) is 2.79. The van der Waals surface area contributed by atoms with Crippen LogP contribution in [0.1, 0.15) is 32.3 Å². The molecule has 0 saturated carbocycles. The van der Waals surface area contributed by atoms with Gasteiger partial charge < -0.3 is 19.9 Å². The number of benzene rings is 1. The van der Waals surface area contributed by atoms with Gasteiger partial charge in [0.25, 0.3) is 0 Å². The van der Waals surface area contributed by atoms with E-state index < -0.39 is 0 Å². The van der Waals surface area contributed by atoms with Gasteiger partial charge in [0.1, 0.15) is 0 Å². The Kier molecular flexibility index (Phi) is 7.57. The molecule has 1 atom stereocenters. The largest absolute Gasteiger partial charge is 0.374 e. The number of para-hydroxylation sites is 1. The first-order valence-electron chi connectivity index (χ1n) is 10.7. The van der Waals surface area contributed by atoms with Crippen molar-refractivity contribution in [3.63, 3.8) is 0 Å². The lowest BCUT2D eigenvalue weighted by atomic mass is 10.1. The zero-order valence-corrected chi connectivity index (χ0v) is 17.7. The number of anilines is 1. The monoisotopic (exact) mass is 388 g/mol. The summed E-state index contributed by atoms with van der Waals surface area (Å²) in [5.74, 6) is 0.648. The quantitative estimate of drug-likeness (QED) is 0.780. The van der Waals surface area contributed by atoms with Gasteiger partial charge in [-0.3, -0.25) is 4.90 Å². The van der Waals surface area contributed by atoms with Crippen molar-refractivity contribution in [2.75, 3.05) is 57.8 Å². The predicted molar refractivity (Wildman–Crippen MR) is 114 cm³/mol. The minimum absolute atomic E-state index is 0.0409. The number of amides is 2. The van der Waals surface area contributed by atoms with Gasteiger partial charge in [-0.1, -0.05) is 32.0 Å². The molecule has 1 aromatic carbocycles. The highest BCUT2D eigenvalue weighted by atomic mass is 16.5. The summed E-state index contributed by atoms with van der Waals surface area (Å²) in [4.78, 5) is 19.2. The maximum absolute atomic E-state index is 12.6. The van der Waals surface area contributed by atoms with E-state index in [0.717, 1.165) is 39.3 Å². The second kappa shape index (κ2) is 10.1. The Hall–Kier alpha value is -1.79. The van der Waals surface area contributed by atoms with Crippen LogP contribution < -0.4 is 10.2 Å². The van der Waals surface area contributed by atoms with Crippen molar-refractivity contribution < 1.29 is 9.53 Å². The minimum Gasteiger partial charge on any atom is -0.374 e. The van der Waals surface area contributed by atoms with Crippen molar-refractivity contribution >= 4 is 11.7 Å². The van der Waals surface area contributed by atoms with E-state index in [1.165, 1.54) is 24.1 Å². The maximum atomic E-state index is 12.6. The minimum atomic E-state index is -0.0409. The third kappa shape index (κ3) is 5.85. The molecule has 1 N–H and O–H groups in total. The molecule has 0 aliphatic carbocycles. The molecule has 0 aromatic heterocycles. The van der Waals surface area contributed by atoms with E-state index in [4.69, 9.17) is 4.74 Å². The SMILES string of the molecule is CC(C)CN1CCOC(CNC(=O)N(C)Cc2ccccc2N2CCCC2)C1. The van der Waals surface area contributed by atoms with Gasteiger partial charge in [0.05, 0.1) is 12.7 Å². The normalized spacial score (nSPS) is 20.6. The van der Waals surface area contributed by atoms with Crippen molar-refractivity contribution in [3.8, 4) is 0 Å². The van der Waals surface area contributed by atoms with Crippen LogP contribution in [0.25, 0.3) is 0 Å². The third-order valence-electron chi connectivity index (χ3n) is 5.52. The van der Waals surface area contributed by atoms with E-state index in [1.807, 2.05) is 7.05 Å². The fraction of sp³-hybridized carbons (Fsp3) is 0.682. The molecular weight excluding hydrogens is 352 g/mol. The molecule has 2 amide bonds. The fourth-order valence-corrected chi connectivity index (χ4v) is 4.16. The molecule has 2 aliphatic rings. The molecule has 3 rings (SSSR count). The topological polar surface area (TPSA) is 48.1 Å². The first-order valence-corrected chi connectivity index (χ1v) is 10.7. The molecule has 6 heteroatoms. The molecule has 2 heterocycles. The molecule has 1 aromatic rings. The number of hydrogen-bond donors (Lipinski definition) is 1. The highest BCUT2D eigenvalue weighted by Gasteiger charge is 2.22. The van der Waals surface area contributed by atoms with Crippen LogP contribution >= 0.6 is 0 Å². The summed E-state index contributed by atoms with van der Waals surface area (Å²) in [6.07, 6.45) is 2.57. The van der Waals surface area contributed by atoms with Gasteiger partial charge in [-0.25, -0.2) is 4.79 Å². The summed E-state index contributed by atoms with van der Waals surface area (Å²) < 4.78 is 5.84. The van der Waals surface area contributed by atoms with E-state index in [1.54, 1.807) is 4.90 Å². The molecule has 2 saturated heterocycles. The number of nitrogens with one attached hydrogen (secondary N) is 1. The zero-order valence-electron chi connectivity index (χ0n) is 17.7. The number of hydrogen-bond acceptors (Lipinski definition) is 4. The summed E-state index contributed by atoms with van der Waals surface area (Å²) in [5, 5.41) is 3.06. The number of ether oxygens (including phenoxy) is 1. The summed E-state index contributed by atoms with van der Waals surface area (Å²) >= 11 is 0. The Morgan fingerprint density at radius 1 is 1.25 bits per heavy atom. The molecule has 28 heavy (non-hydrogen) atoms. The van der Waals surface area contributed by atoms with Gasteiger partial charge in [-0.05, 0) is 30.4 Å². The van der Waals surface area contributed by atoms with Crippen LogP contribution in [-0.4, -0.2) is 74.9 Å². The van der Waals surface area contributed by atoms with Crippen LogP contribution in [0.15, 0.2) is 24.3 Å². The highest BCUT2D eigenvalue weighted by molar-refractivity contribution is 5.74. The number of urea groups is 1. The average molecular weight is 389 g/mol.